The van der Waals surface area contributed by atoms with E-state index in [1.807, 2.05) is 11.9 Å². The van der Waals surface area contributed by atoms with Crippen LogP contribution in [0.25, 0.3) is 0 Å². The molecule has 1 saturated heterocycles. The molecular weight excluding hydrogens is 334 g/mol. The lowest BCUT2D eigenvalue weighted by atomic mass is 10.00. The van der Waals surface area contributed by atoms with Crippen molar-refractivity contribution in [3.8, 4) is 0 Å². The van der Waals surface area contributed by atoms with Crippen LogP contribution in [0.1, 0.15) is 50.1 Å². The molecule has 0 bridgehead atoms. The van der Waals surface area contributed by atoms with E-state index in [-0.39, 0.29) is 0 Å². The Hall–Kier alpha value is -0.460. The van der Waals surface area contributed by atoms with E-state index in [1.54, 1.807) is 11.9 Å². The minimum atomic E-state index is 0.479. The molecule has 1 aliphatic heterocycles. The van der Waals surface area contributed by atoms with Gasteiger partial charge in [-0.3, -0.25) is 0 Å². The maximum absolute atomic E-state index is 3.87. The first-order valence-electron chi connectivity index (χ1n) is 9.04. The summed E-state index contributed by atoms with van der Waals surface area (Å²) in [5.74, 6) is 0. The van der Waals surface area contributed by atoms with Gasteiger partial charge in [0, 0.05) is 24.7 Å². The van der Waals surface area contributed by atoms with Gasteiger partial charge in [0.05, 0.1) is 18.5 Å². The average Bonchev–Trinajstić information content (AvgIpc) is 3.08. The zero-order valence-corrected chi connectivity index (χ0v) is 16.5. The highest BCUT2D eigenvalue weighted by Crippen LogP contribution is 2.45. The van der Waals surface area contributed by atoms with Gasteiger partial charge in [-0.05, 0) is 31.9 Å². The molecule has 0 aromatic heterocycles. The number of hydrogen-bond donors (Lipinski definition) is 1. The molecule has 1 aliphatic carbocycles. The Morgan fingerprint density at radius 2 is 1.71 bits per heavy atom. The van der Waals surface area contributed by atoms with E-state index in [0.717, 1.165) is 10.5 Å². The molecule has 3 nitrogen and oxygen atoms in total. The van der Waals surface area contributed by atoms with Crippen LogP contribution in [0.3, 0.4) is 0 Å². The van der Waals surface area contributed by atoms with Crippen LogP contribution < -0.4 is 5.53 Å². The van der Waals surface area contributed by atoms with Gasteiger partial charge in [0.2, 0.25) is 0 Å². The second kappa shape index (κ2) is 8.77. The Morgan fingerprint density at radius 3 is 2.29 bits per heavy atom. The standard InChI is InChI=1S/C19H30N3S2/c1-23-21-16-19(17-12-8-7-9-13-17)22(20-21,24-2)18-14-10-5-3-4-6-11-15-18/h3-4,7-9,12-13,18-20H,5-6,10-11,14-16H2,1-2H3/q+1/b4-3-. The summed E-state index contributed by atoms with van der Waals surface area (Å²) >= 11 is 3.79. The number of hydrogen-bond acceptors (Lipinski definition) is 4. The molecular formula is C19H30N3S2+. The average molecular weight is 365 g/mol. The van der Waals surface area contributed by atoms with Crippen molar-refractivity contribution >= 4 is 23.9 Å². The van der Waals surface area contributed by atoms with Crippen LogP contribution in [0.15, 0.2) is 42.5 Å². The third-order valence-corrected chi connectivity index (χ3v) is 7.21. The monoisotopic (exact) mass is 364 g/mol. The van der Waals surface area contributed by atoms with Gasteiger partial charge >= 0.3 is 0 Å². The molecule has 1 heterocycles. The molecule has 3 rings (SSSR count). The molecule has 0 saturated carbocycles. The lowest BCUT2D eigenvalue weighted by Gasteiger charge is -2.41. The largest absolute Gasteiger partial charge is 0.161 e. The zero-order valence-electron chi connectivity index (χ0n) is 14.9. The fourth-order valence-corrected chi connectivity index (χ4v) is 5.73. The number of allylic oxidation sites excluding steroid dienone is 2. The van der Waals surface area contributed by atoms with Gasteiger partial charge in [-0.2, -0.15) is 4.00 Å². The van der Waals surface area contributed by atoms with Gasteiger partial charge in [-0.15, -0.1) is 4.41 Å². The van der Waals surface area contributed by atoms with Crippen molar-refractivity contribution in [2.75, 3.05) is 19.1 Å². The molecule has 0 spiro atoms. The van der Waals surface area contributed by atoms with E-state index >= 15 is 0 Å². The van der Waals surface area contributed by atoms with E-state index in [2.05, 4.69) is 64.9 Å². The van der Waals surface area contributed by atoms with Crippen LogP contribution in [0.4, 0.5) is 0 Å². The summed E-state index contributed by atoms with van der Waals surface area (Å²) in [7, 11) is 0. The van der Waals surface area contributed by atoms with E-state index in [4.69, 9.17) is 0 Å². The molecule has 1 aromatic carbocycles. The maximum Gasteiger partial charge on any atom is 0.160 e. The lowest BCUT2D eigenvalue weighted by Crippen LogP contribution is -2.57. The fraction of sp³-hybridized carbons (Fsp3) is 0.579. The molecule has 5 heteroatoms. The summed E-state index contributed by atoms with van der Waals surface area (Å²) in [6, 6.07) is 12.2. The summed E-state index contributed by atoms with van der Waals surface area (Å²) in [4.78, 5) is 0. The number of rotatable bonds is 4. The number of hydrazine groups is 1. The van der Waals surface area contributed by atoms with Gasteiger partial charge in [0.15, 0.2) is 6.04 Å². The summed E-state index contributed by atoms with van der Waals surface area (Å²) in [6.45, 7) is 1.06. The highest BCUT2D eigenvalue weighted by Gasteiger charge is 2.52. The molecule has 0 amide bonds. The van der Waals surface area contributed by atoms with E-state index in [1.165, 1.54) is 44.1 Å². The lowest BCUT2D eigenvalue weighted by molar-refractivity contribution is -0.890. The van der Waals surface area contributed by atoms with E-state index in [0.29, 0.717) is 12.1 Å². The Labute approximate surface area is 155 Å². The van der Waals surface area contributed by atoms with Crippen LogP contribution >= 0.6 is 23.9 Å². The van der Waals surface area contributed by atoms with Crippen LogP contribution in [-0.4, -0.2) is 33.5 Å². The summed E-state index contributed by atoms with van der Waals surface area (Å²) in [5, 5.41) is 0. The Bertz CT molecular complexity index is 525. The predicted octanol–water partition coefficient (Wildman–Crippen LogP) is 5.11. The van der Waals surface area contributed by atoms with Gasteiger partial charge in [-0.1, -0.05) is 60.0 Å². The molecule has 0 radical (unpaired) electrons. The van der Waals surface area contributed by atoms with Crippen molar-refractivity contribution < 1.29 is 4.00 Å². The minimum absolute atomic E-state index is 0.479. The molecule has 1 fully saturated rings. The van der Waals surface area contributed by atoms with Crippen molar-refractivity contribution in [1.82, 2.24) is 9.95 Å². The van der Waals surface area contributed by atoms with Crippen molar-refractivity contribution in [1.29, 1.82) is 0 Å². The molecule has 2 aliphatic rings. The number of nitrogens with one attached hydrogen (secondary N) is 1. The van der Waals surface area contributed by atoms with Gasteiger partial charge in [0.25, 0.3) is 0 Å². The number of benzene rings is 1. The molecule has 1 aromatic rings. The Balaban J connectivity index is 1.90. The second-order valence-electron chi connectivity index (χ2n) is 6.65. The Kier molecular flexibility index (Phi) is 6.70. The van der Waals surface area contributed by atoms with Crippen LogP contribution in [0.5, 0.6) is 0 Å². The normalized spacial score (nSPS) is 31.3. The van der Waals surface area contributed by atoms with Gasteiger partial charge in [-0.25, -0.2) is 0 Å². The minimum Gasteiger partial charge on any atom is -0.161 e. The molecule has 24 heavy (non-hydrogen) atoms. The zero-order chi connectivity index (χ0) is 16.8. The molecule has 1 N–H and O–H groups in total. The summed E-state index contributed by atoms with van der Waals surface area (Å²) in [5.41, 5.74) is 5.32. The van der Waals surface area contributed by atoms with Crippen LogP contribution in [-0.2, 0) is 0 Å². The summed E-state index contributed by atoms with van der Waals surface area (Å²) < 4.78 is 3.27. The Morgan fingerprint density at radius 1 is 1.04 bits per heavy atom. The van der Waals surface area contributed by atoms with Gasteiger partial charge in [0.1, 0.15) is 6.04 Å². The number of quaternary nitrogens is 1. The first-order chi connectivity index (χ1) is 11.8. The third kappa shape index (κ3) is 3.86. The SMILES string of the molecule is CSN1CC(c2ccccc2)[N+](SC)(C2CCC/C=C\CCC2)N1. The maximum atomic E-state index is 3.87. The molecule has 132 valence electrons. The fourth-order valence-electron chi connectivity index (χ4n) is 4.04. The smallest absolute Gasteiger partial charge is 0.160 e. The van der Waals surface area contributed by atoms with Crippen molar-refractivity contribution in [3.05, 3.63) is 48.0 Å². The summed E-state index contributed by atoms with van der Waals surface area (Å²) in [6.07, 6.45) is 16.8. The first kappa shape index (κ1) is 18.3. The molecule has 2 atom stereocenters. The van der Waals surface area contributed by atoms with E-state index in [9.17, 15) is 0 Å². The predicted molar refractivity (Wildman–Crippen MR) is 107 cm³/mol. The topological polar surface area (TPSA) is 15.3 Å². The van der Waals surface area contributed by atoms with Crippen molar-refractivity contribution in [2.45, 2.75) is 50.6 Å². The van der Waals surface area contributed by atoms with Crippen molar-refractivity contribution in [3.63, 3.8) is 0 Å². The number of nitrogens with zero attached hydrogens (tertiary/aromatic N) is 2. The highest BCUT2D eigenvalue weighted by molar-refractivity contribution is 7.96. The molecule has 2 unspecified atom stereocenters. The van der Waals surface area contributed by atoms with Gasteiger partial charge < -0.3 is 0 Å². The van der Waals surface area contributed by atoms with Crippen molar-refractivity contribution in [2.24, 2.45) is 0 Å². The van der Waals surface area contributed by atoms with Crippen LogP contribution in [0, 0.1) is 0 Å². The van der Waals surface area contributed by atoms with Crippen LogP contribution in [0.2, 0.25) is 0 Å². The second-order valence-corrected chi connectivity index (χ2v) is 8.42. The van der Waals surface area contributed by atoms with E-state index < -0.39 is 0 Å². The quantitative estimate of drug-likeness (QED) is 0.453. The first-order valence-corrected chi connectivity index (χ1v) is 11.4. The third-order valence-electron chi connectivity index (χ3n) is 5.30. The highest BCUT2D eigenvalue weighted by atomic mass is 32.2.